The van der Waals surface area contributed by atoms with Crippen molar-refractivity contribution in [2.75, 3.05) is 17.7 Å². The number of nitrogens with zero attached hydrogens (tertiary/aromatic N) is 2. The highest BCUT2D eigenvalue weighted by atomic mass is 16.5. The molecule has 0 amide bonds. The van der Waals surface area contributed by atoms with E-state index in [1.165, 1.54) is 5.56 Å². The number of nitrogens with one attached hydrogen (secondary N) is 1. The molecule has 5 nitrogen and oxygen atoms in total. The van der Waals surface area contributed by atoms with Gasteiger partial charge in [0.25, 0.3) is 0 Å². The fourth-order valence-electron chi connectivity index (χ4n) is 2.52. The molecule has 0 bridgehead atoms. The van der Waals surface area contributed by atoms with Crippen LogP contribution < -0.4 is 15.8 Å². The van der Waals surface area contributed by atoms with Crippen LogP contribution >= 0.6 is 0 Å². The van der Waals surface area contributed by atoms with Crippen molar-refractivity contribution in [2.24, 2.45) is 0 Å². The number of anilines is 2. The predicted molar refractivity (Wildman–Crippen MR) is 80.1 cm³/mol. The van der Waals surface area contributed by atoms with Gasteiger partial charge in [-0.15, -0.1) is 0 Å². The van der Waals surface area contributed by atoms with Gasteiger partial charge in [-0.2, -0.15) is 5.10 Å². The van der Waals surface area contributed by atoms with Crippen LogP contribution in [0.4, 0.5) is 11.5 Å². The van der Waals surface area contributed by atoms with Gasteiger partial charge in [-0.05, 0) is 26.8 Å². The molecule has 2 aromatic rings. The van der Waals surface area contributed by atoms with Crippen LogP contribution in [0.15, 0.2) is 24.3 Å². The van der Waals surface area contributed by atoms with E-state index < -0.39 is 0 Å². The second-order valence-corrected chi connectivity index (χ2v) is 5.43. The van der Waals surface area contributed by atoms with Crippen LogP contribution in [0.1, 0.15) is 37.2 Å². The van der Waals surface area contributed by atoms with Gasteiger partial charge in [-0.25, -0.2) is 4.68 Å². The number of aryl methyl sites for hydroxylation is 1. The molecule has 1 atom stereocenters. The average molecular weight is 272 g/mol. The van der Waals surface area contributed by atoms with Gasteiger partial charge in [-0.3, -0.25) is 0 Å². The SMILES string of the molecule is Cc1nn(C(C)C)c(NC2COc3ccccc32)c1N. The molecule has 2 heterocycles. The van der Waals surface area contributed by atoms with Crippen molar-refractivity contribution in [3.63, 3.8) is 0 Å². The summed E-state index contributed by atoms with van der Waals surface area (Å²) in [5.74, 6) is 1.82. The van der Waals surface area contributed by atoms with Crippen molar-refractivity contribution < 1.29 is 4.74 Å². The van der Waals surface area contributed by atoms with E-state index in [2.05, 4.69) is 30.3 Å². The first-order valence-corrected chi connectivity index (χ1v) is 6.90. The topological polar surface area (TPSA) is 65.1 Å². The van der Waals surface area contributed by atoms with Crippen LogP contribution in [0.25, 0.3) is 0 Å². The molecule has 0 saturated carbocycles. The van der Waals surface area contributed by atoms with Gasteiger partial charge < -0.3 is 15.8 Å². The molecule has 5 heteroatoms. The Labute approximate surface area is 118 Å². The summed E-state index contributed by atoms with van der Waals surface area (Å²) in [6.45, 7) is 6.73. The Kier molecular flexibility index (Phi) is 3.04. The maximum Gasteiger partial charge on any atom is 0.148 e. The minimum absolute atomic E-state index is 0.113. The van der Waals surface area contributed by atoms with Crippen LogP contribution in [0, 0.1) is 6.92 Å². The lowest BCUT2D eigenvalue weighted by molar-refractivity contribution is 0.339. The summed E-state index contributed by atoms with van der Waals surface area (Å²) in [5, 5.41) is 7.98. The zero-order valence-corrected chi connectivity index (χ0v) is 12.1. The summed E-state index contributed by atoms with van der Waals surface area (Å²) in [5.41, 5.74) is 8.89. The summed E-state index contributed by atoms with van der Waals surface area (Å²) in [4.78, 5) is 0. The molecule has 3 N–H and O–H groups in total. The highest BCUT2D eigenvalue weighted by Crippen LogP contribution is 2.36. The van der Waals surface area contributed by atoms with Crippen LogP contribution in [0.3, 0.4) is 0 Å². The molecule has 0 saturated heterocycles. The lowest BCUT2D eigenvalue weighted by atomic mass is 10.1. The number of hydrogen-bond acceptors (Lipinski definition) is 4. The largest absolute Gasteiger partial charge is 0.491 e. The number of fused-ring (bicyclic) bond motifs is 1. The number of para-hydroxylation sites is 1. The predicted octanol–water partition coefficient (Wildman–Crippen LogP) is 2.90. The minimum atomic E-state index is 0.113. The molecule has 1 aromatic carbocycles. The lowest BCUT2D eigenvalue weighted by Gasteiger charge is -2.17. The molecule has 0 aliphatic carbocycles. The normalized spacial score (nSPS) is 17.1. The molecule has 20 heavy (non-hydrogen) atoms. The summed E-state index contributed by atoms with van der Waals surface area (Å²) in [6, 6.07) is 8.45. The Morgan fingerprint density at radius 2 is 2.15 bits per heavy atom. The van der Waals surface area contributed by atoms with Crippen molar-refractivity contribution in [1.29, 1.82) is 0 Å². The van der Waals surface area contributed by atoms with E-state index in [1.807, 2.05) is 29.8 Å². The fraction of sp³-hybridized carbons (Fsp3) is 0.400. The average Bonchev–Trinajstić information content (AvgIpc) is 2.96. The van der Waals surface area contributed by atoms with Crippen molar-refractivity contribution >= 4 is 11.5 Å². The molecular weight excluding hydrogens is 252 g/mol. The minimum Gasteiger partial charge on any atom is -0.491 e. The van der Waals surface area contributed by atoms with Gasteiger partial charge in [0.1, 0.15) is 18.2 Å². The van der Waals surface area contributed by atoms with Crippen LogP contribution in [-0.2, 0) is 0 Å². The van der Waals surface area contributed by atoms with Crippen molar-refractivity contribution in [1.82, 2.24) is 9.78 Å². The summed E-state index contributed by atoms with van der Waals surface area (Å²) in [6.07, 6.45) is 0. The first-order chi connectivity index (χ1) is 9.58. The molecule has 0 radical (unpaired) electrons. The number of benzene rings is 1. The maximum atomic E-state index is 6.15. The van der Waals surface area contributed by atoms with Gasteiger partial charge in [0, 0.05) is 11.6 Å². The standard InChI is InChI=1S/C15H20N4O/c1-9(2)19-15(14(16)10(3)18-19)17-12-8-20-13-7-5-4-6-11(12)13/h4-7,9,12,17H,8,16H2,1-3H3. The quantitative estimate of drug-likeness (QED) is 0.901. The van der Waals surface area contributed by atoms with Gasteiger partial charge in [0.15, 0.2) is 0 Å². The van der Waals surface area contributed by atoms with E-state index in [9.17, 15) is 0 Å². The third-order valence-electron chi connectivity index (χ3n) is 3.63. The number of rotatable bonds is 3. The van der Waals surface area contributed by atoms with Gasteiger partial charge in [-0.1, -0.05) is 18.2 Å². The van der Waals surface area contributed by atoms with E-state index in [-0.39, 0.29) is 12.1 Å². The Morgan fingerprint density at radius 1 is 1.40 bits per heavy atom. The van der Waals surface area contributed by atoms with Crippen LogP contribution in [-0.4, -0.2) is 16.4 Å². The molecule has 0 fully saturated rings. The van der Waals surface area contributed by atoms with Gasteiger partial charge in [0.05, 0.1) is 17.4 Å². The van der Waals surface area contributed by atoms with Crippen molar-refractivity contribution in [2.45, 2.75) is 32.9 Å². The Bertz CT molecular complexity index is 633. The summed E-state index contributed by atoms with van der Waals surface area (Å²) in [7, 11) is 0. The molecule has 1 unspecified atom stereocenters. The van der Waals surface area contributed by atoms with E-state index in [4.69, 9.17) is 10.5 Å². The smallest absolute Gasteiger partial charge is 0.148 e. The first-order valence-electron chi connectivity index (χ1n) is 6.90. The Balaban J connectivity index is 1.93. The summed E-state index contributed by atoms with van der Waals surface area (Å²) >= 11 is 0. The van der Waals surface area contributed by atoms with Crippen LogP contribution in [0.2, 0.25) is 0 Å². The van der Waals surface area contributed by atoms with E-state index in [0.29, 0.717) is 12.3 Å². The van der Waals surface area contributed by atoms with E-state index in [0.717, 1.165) is 17.3 Å². The number of aromatic nitrogens is 2. The highest BCUT2D eigenvalue weighted by molar-refractivity contribution is 5.66. The molecule has 0 spiro atoms. The fourth-order valence-corrected chi connectivity index (χ4v) is 2.52. The number of nitrogen functional groups attached to an aromatic ring is 1. The number of hydrogen-bond donors (Lipinski definition) is 2. The second-order valence-electron chi connectivity index (χ2n) is 5.43. The Morgan fingerprint density at radius 3 is 2.90 bits per heavy atom. The van der Waals surface area contributed by atoms with Crippen molar-refractivity contribution in [3.8, 4) is 5.75 Å². The van der Waals surface area contributed by atoms with Crippen molar-refractivity contribution in [3.05, 3.63) is 35.5 Å². The third-order valence-corrected chi connectivity index (χ3v) is 3.63. The maximum absolute atomic E-state index is 6.15. The molecule has 1 aliphatic rings. The molecule has 3 rings (SSSR count). The molecular formula is C15H20N4O. The van der Waals surface area contributed by atoms with Gasteiger partial charge in [0.2, 0.25) is 0 Å². The molecule has 106 valence electrons. The number of ether oxygens (including phenoxy) is 1. The molecule has 1 aliphatic heterocycles. The monoisotopic (exact) mass is 272 g/mol. The molecule has 1 aromatic heterocycles. The Hall–Kier alpha value is -2.17. The van der Waals surface area contributed by atoms with Gasteiger partial charge >= 0.3 is 0 Å². The van der Waals surface area contributed by atoms with Crippen LogP contribution in [0.5, 0.6) is 5.75 Å². The first kappa shape index (κ1) is 12.8. The highest BCUT2D eigenvalue weighted by Gasteiger charge is 2.26. The lowest BCUT2D eigenvalue weighted by Crippen LogP contribution is -2.17. The second kappa shape index (κ2) is 4.74. The third kappa shape index (κ3) is 1.99. The summed E-state index contributed by atoms with van der Waals surface area (Å²) < 4.78 is 7.63. The number of nitrogens with two attached hydrogens (primary N) is 1. The zero-order chi connectivity index (χ0) is 14.3. The zero-order valence-electron chi connectivity index (χ0n) is 12.1. The van der Waals surface area contributed by atoms with E-state index in [1.54, 1.807) is 0 Å². The van der Waals surface area contributed by atoms with E-state index >= 15 is 0 Å².